The van der Waals surface area contributed by atoms with E-state index >= 15 is 0 Å². The Morgan fingerprint density at radius 3 is 2.29 bits per heavy atom. The van der Waals surface area contributed by atoms with E-state index in [2.05, 4.69) is 5.32 Å². The van der Waals surface area contributed by atoms with Crippen molar-refractivity contribution in [2.45, 2.75) is 38.5 Å². The summed E-state index contributed by atoms with van der Waals surface area (Å²) in [7, 11) is 1.68. The van der Waals surface area contributed by atoms with E-state index in [0.717, 1.165) is 6.42 Å². The van der Waals surface area contributed by atoms with Gasteiger partial charge in [-0.05, 0) is 24.1 Å². The van der Waals surface area contributed by atoms with Crippen LogP contribution in [0.5, 0.6) is 5.75 Å². The topological polar surface area (TPSA) is 80.2 Å². The van der Waals surface area contributed by atoms with Crippen molar-refractivity contribution in [3.63, 3.8) is 0 Å². The lowest BCUT2D eigenvalue weighted by molar-refractivity contribution is -0.0204. The van der Waals surface area contributed by atoms with Gasteiger partial charge in [0.25, 0.3) is 0 Å². The minimum absolute atomic E-state index is 0.130. The number of nitrogens with one attached hydrogen (secondary N) is 1. The van der Waals surface area contributed by atoms with Crippen LogP contribution in [0.15, 0.2) is 24.3 Å². The molecule has 1 rings (SSSR count). The smallest absolute Gasteiger partial charge is 0.119 e. The van der Waals surface area contributed by atoms with Crippen LogP contribution >= 0.6 is 0 Å². The van der Waals surface area contributed by atoms with Gasteiger partial charge < -0.3 is 29.7 Å². The quantitative estimate of drug-likeness (QED) is 0.496. The molecule has 1 aromatic carbocycles. The molecule has 0 aliphatic carbocycles. The van der Waals surface area contributed by atoms with E-state index < -0.39 is 12.2 Å². The van der Waals surface area contributed by atoms with Crippen molar-refractivity contribution in [3.05, 3.63) is 29.8 Å². The Bertz CT molecular complexity index is 424. The van der Waals surface area contributed by atoms with Crippen LogP contribution in [0.1, 0.15) is 19.4 Å². The van der Waals surface area contributed by atoms with Crippen molar-refractivity contribution >= 4 is 0 Å². The molecule has 0 amide bonds. The van der Waals surface area contributed by atoms with Gasteiger partial charge in [0.1, 0.15) is 18.5 Å². The average Bonchev–Trinajstić information content (AvgIpc) is 2.57. The Hall–Kier alpha value is -1.18. The molecule has 0 aliphatic rings. The monoisotopic (exact) mass is 341 g/mol. The van der Waals surface area contributed by atoms with E-state index in [4.69, 9.17) is 14.2 Å². The molecular weight excluding hydrogens is 310 g/mol. The first kappa shape index (κ1) is 20.9. The Balaban J connectivity index is 2.15. The van der Waals surface area contributed by atoms with Gasteiger partial charge in [0, 0.05) is 19.7 Å². The van der Waals surface area contributed by atoms with Crippen molar-refractivity contribution in [1.29, 1.82) is 0 Å². The molecule has 0 saturated carbocycles. The Morgan fingerprint density at radius 2 is 1.67 bits per heavy atom. The average molecular weight is 341 g/mol. The molecule has 0 aromatic heterocycles. The number of rotatable bonds is 13. The van der Waals surface area contributed by atoms with Crippen molar-refractivity contribution in [1.82, 2.24) is 5.32 Å². The zero-order chi connectivity index (χ0) is 17.8. The molecule has 6 heteroatoms. The maximum atomic E-state index is 9.85. The third kappa shape index (κ3) is 9.85. The second-order valence-corrected chi connectivity index (χ2v) is 6.11. The van der Waals surface area contributed by atoms with Gasteiger partial charge in [-0.15, -0.1) is 0 Å². The maximum Gasteiger partial charge on any atom is 0.119 e. The maximum absolute atomic E-state index is 9.85. The second-order valence-electron chi connectivity index (χ2n) is 6.11. The molecule has 6 nitrogen and oxygen atoms in total. The van der Waals surface area contributed by atoms with Crippen LogP contribution in [0.3, 0.4) is 0 Å². The lowest BCUT2D eigenvalue weighted by Crippen LogP contribution is -2.35. The first-order valence-electron chi connectivity index (χ1n) is 8.39. The van der Waals surface area contributed by atoms with Crippen LogP contribution < -0.4 is 10.1 Å². The van der Waals surface area contributed by atoms with E-state index in [0.29, 0.717) is 24.9 Å². The van der Waals surface area contributed by atoms with E-state index in [1.165, 1.54) is 5.56 Å². The number of benzene rings is 1. The number of hydrogen-bond acceptors (Lipinski definition) is 6. The zero-order valence-electron chi connectivity index (χ0n) is 14.9. The van der Waals surface area contributed by atoms with E-state index in [9.17, 15) is 10.2 Å². The van der Waals surface area contributed by atoms with Crippen LogP contribution in [-0.2, 0) is 15.9 Å². The summed E-state index contributed by atoms with van der Waals surface area (Å²) in [5.74, 6) is 0.705. The highest BCUT2D eigenvalue weighted by molar-refractivity contribution is 5.27. The van der Waals surface area contributed by atoms with Crippen molar-refractivity contribution < 1.29 is 24.4 Å². The molecule has 0 spiro atoms. The van der Waals surface area contributed by atoms with Crippen LogP contribution in [0, 0.1) is 0 Å². The molecule has 24 heavy (non-hydrogen) atoms. The summed E-state index contributed by atoms with van der Waals surface area (Å²) in [6.45, 7) is 5.65. The summed E-state index contributed by atoms with van der Waals surface area (Å²) in [6, 6.07) is 8.03. The molecule has 0 unspecified atom stereocenters. The number of aliphatic hydroxyl groups is 2. The van der Waals surface area contributed by atoms with Gasteiger partial charge in [0.15, 0.2) is 0 Å². The lowest BCUT2D eigenvalue weighted by atomic mass is 10.1. The SMILES string of the molecule is COCCc1ccc(OC[C@@H](O)COC[C@@H](O)CNC(C)C)cc1. The predicted molar refractivity (Wildman–Crippen MR) is 93.5 cm³/mol. The standard InChI is InChI=1S/C18H31NO5/c1-14(2)19-10-16(20)11-23-12-17(21)13-24-18-6-4-15(5-7-18)8-9-22-3/h4-7,14,16-17,19-21H,8-13H2,1-3H3/t16-,17-/m0/s1. The molecule has 3 N–H and O–H groups in total. The van der Waals surface area contributed by atoms with Crippen LogP contribution in [0.2, 0.25) is 0 Å². The molecule has 0 aliphatic heterocycles. The largest absolute Gasteiger partial charge is 0.491 e. The van der Waals surface area contributed by atoms with Gasteiger partial charge in [0.05, 0.1) is 25.9 Å². The fraction of sp³-hybridized carbons (Fsp3) is 0.667. The van der Waals surface area contributed by atoms with Gasteiger partial charge in [-0.25, -0.2) is 0 Å². The summed E-state index contributed by atoms with van der Waals surface area (Å²) in [6.07, 6.45) is -0.454. The van der Waals surface area contributed by atoms with Gasteiger partial charge in [0.2, 0.25) is 0 Å². The van der Waals surface area contributed by atoms with Gasteiger partial charge in [-0.1, -0.05) is 26.0 Å². The highest BCUT2D eigenvalue weighted by Crippen LogP contribution is 2.13. The minimum Gasteiger partial charge on any atom is -0.491 e. The van der Waals surface area contributed by atoms with E-state index in [-0.39, 0.29) is 19.8 Å². The third-order valence-electron chi connectivity index (χ3n) is 3.34. The van der Waals surface area contributed by atoms with Crippen LogP contribution in [-0.4, -0.2) is 68.5 Å². The Labute approximate surface area is 144 Å². The molecule has 0 fully saturated rings. The van der Waals surface area contributed by atoms with Gasteiger partial charge >= 0.3 is 0 Å². The Kier molecular flexibility index (Phi) is 10.6. The number of methoxy groups -OCH3 is 1. The van der Waals surface area contributed by atoms with E-state index in [1.807, 2.05) is 38.1 Å². The van der Waals surface area contributed by atoms with E-state index in [1.54, 1.807) is 7.11 Å². The molecule has 2 atom stereocenters. The molecule has 138 valence electrons. The summed E-state index contributed by atoms with van der Waals surface area (Å²) in [5, 5.41) is 22.7. The molecular formula is C18H31NO5. The molecule has 0 saturated heterocycles. The van der Waals surface area contributed by atoms with Crippen LogP contribution in [0.4, 0.5) is 0 Å². The lowest BCUT2D eigenvalue weighted by Gasteiger charge is -2.16. The van der Waals surface area contributed by atoms with Gasteiger partial charge in [-0.2, -0.15) is 0 Å². The second kappa shape index (κ2) is 12.2. The Morgan fingerprint density at radius 1 is 1.00 bits per heavy atom. The summed E-state index contributed by atoms with van der Waals surface area (Å²) < 4.78 is 15.9. The number of hydrogen-bond donors (Lipinski definition) is 3. The van der Waals surface area contributed by atoms with Crippen molar-refractivity contribution in [2.75, 3.05) is 40.1 Å². The van der Waals surface area contributed by atoms with Crippen molar-refractivity contribution in [2.24, 2.45) is 0 Å². The fourth-order valence-corrected chi connectivity index (χ4v) is 1.98. The first-order chi connectivity index (χ1) is 11.5. The molecule has 0 radical (unpaired) electrons. The molecule has 0 bridgehead atoms. The van der Waals surface area contributed by atoms with Crippen LogP contribution in [0.25, 0.3) is 0 Å². The summed E-state index contributed by atoms with van der Waals surface area (Å²) in [4.78, 5) is 0. The van der Waals surface area contributed by atoms with Crippen molar-refractivity contribution in [3.8, 4) is 5.75 Å². The normalized spacial score (nSPS) is 13.9. The molecule has 0 heterocycles. The number of aliphatic hydroxyl groups excluding tert-OH is 2. The number of ether oxygens (including phenoxy) is 3. The summed E-state index contributed by atoms with van der Waals surface area (Å²) >= 11 is 0. The zero-order valence-corrected chi connectivity index (χ0v) is 14.9. The molecule has 1 aromatic rings. The highest BCUT2D eigenvalue weighted by atomic mass is 16.5. The third-order valence-corrected chi connectivity index (χ3v) is 3.34. The highest BCUT2D eigenvalue weighted by Gasteiger charge is 2.09. The first-order valence-corrected chi connectivity index (χ1v) is 8.39. The fourth-order valence-electron chi connectivity index (χ4n) is 1.98. The minimum atomic E-state index is -0.733. The van der Waals surface area contributed by atoms with Gasteiger partial charge in [-0.3, -0.25) is 0 Å². The summed E-state index contributed by atoms with van der Waals surface area (Å²) in [5.41, 5.74) is 1.18. The predicted octanol–water partition coefficient (Wildman–Crippen LogP) is 0.991.